The van der Waals surface area contributed by atoms with Crippen LogP contribution in [0.5, 0.6) is 0 Å². The summed E-state index contributed by atoms with van der Waals surface area (Å²) in [6.07, 6.45) is 5.38. The van der Waals surface area contributed by atoms with Gasteiger partial charge in [0.1, 0.15) is 12.1 Å². The number of halogens is 1. The van der Waals surface area contributed by atoms with E-state index in [-0.39, 0.29) is 36.7 Å². The van der Waals surface area contributed by atoms with E-state index in [2.05, 4.69) is 15.6 Å². The van der Waals surface area contributed by atoms with Crippen LogP contribution in [0.15, 0.2) is 54.7 Å². The zero-order valence-corrected chi connectivity index (χ0v) is 20.4. The van der Waals surface area contributed by atoms with E-state index < -0.39 is 11.6 Å². The second-order valence-electron chi connectivity index (χ2n) is 9.61. The predicted molar refractivity (Wildman–Crippen MR) is 135 cm³/mol. The fourth-order valence-corrected chi connectivity index (χ4v) is 5.85. The smallest absolute Gasteiger partial charge is 0.325 e. The molecule has 3 N–H and O–H groups in total. The van der Waals surface area contributed by atoms with Crippen LogP contribution < -0.4 is 10.6 Å². The summed E-state index contributed by atoms with van der Waals surface area (Å²) >= 11 is 6.55. The SMILES string of the molecule is C[C@@H]1CCCC[C@]12NC(=O)N(CC(=O)NC[C@H](c1ccccc1Cl)c1c[nH]c3ccccc13)C2=O. The molecule has 3 atom stereocenters. The summed E-state index contributed by atoms with van der Waals surface area (Å²) in [5.74, 6) is -0.834. The van der Waals surface area contributed by atoms with Gasteiger partial charge in [0.15, 0.2) is 0 Å². The molecule has 2 aliphatic rings. The molecule has 4 amide bonds. The highest BCUT2D eigenvalue weighted by Crippen LogP contribution is 2.38. The van der Waals surface area contributed by atoms with Crippen molar-refractivity contribution in [3.8, 4) is 0 Å². The number of hydrogen-bond donors (Lipinski definition) is 3. The Morgan fingerprint density at radius 3 is 2.71 bits per heavy atom. The average molecular weight is 493 g/mol. The molecule has 0 bridgehead atoms. The number of para-hydroxylation sites is 1. The van der Waals surface area contributed by atoms with Crippen LogP contribution in [0.4, 0.5) is 4.79 Å². The van der Waals surface area contributed by atoms with E-state index in [9.17, 15) is 14.4 Å². The number of nitrogens with zero attached hydrogens (tertiary/aromatic N) is 1. The summed E-state index contributed by atoms with van der Waals surface area (Å²) in [6.45, 7) is 1.97. The third kappa shape index (κ3) is 4.18. The van der Waals surface area contributed by atoms with Gasteiger partial charge in [0.2, 0.25) is 5.91 Å². The molecule has 1 saturated heterocycles. The summed E-state index contributed by atoms with van der Waals surface area (Å²) in [6, 6.07) is 15.1. The van der Waals surface area contributed by atoms with Crippen molar-refractivity contribution in [3.63, 3.8) is 0 Å². The van der Waals surface area contributed by atoms with Crippen LogP contribution in [0, 0.1) is 5.92 Å². The van der Waals surface area contributed by atoms with Crippen molar-refractivity contribution in [2.24, 2.45) is 5.92 Å². The van der Waals surface area contributed by atoms with Gasteiger partial charge in [-0.2, -0.15) is 0 Å². The minimum atomic E-state index is -0.875. The van der Waals surface area contributed by atoms with Gasteiger partial charge in [-0.05, 0) is 42.0 Å². The van der Waals surface area contributed by atoms with Crippen molar-refractivity contribution in [2.45, 2.75) is 44.1 Å². The van der Waals surface area contributed by atoms with E-state index in [0.29, 0.717) is 11.4 Å². The zero-order chi connectivity index (χ0) is 24.6. The standard InChI is InChI=1S/C27H29ClN4O3/c1-17-8-6-7-13-27(17)25(34)32(26(35)31-27)16-24(33)30-15-20(18-9-2-4-11-22(18)28)21-14-29-23-12-5-3-10-19(21)23/h2-5,9-12,14,17,20,29H,6-8,13,15-16H2,1H3,(H,30,33)(H,31,35)/t17-,20-,27+/m1/s1. The second-order valence-corrected chi connectivity index (χ2v) is 10.0. The molecule has 5 rings (SSSR count). The lowest BCUT2D eigenvalue weighted by Gasteiger charge is -2.36. The first-order chi connectivity index (χ1) is 16.9. The van der Waals surface area contributed by atoms with Crippen LogP contribution in [0.25, 0.3) is 10.9 Å². The number of carbonyl (C=O) groups excluding carboxylic acids is 3. The van der Waals surface area contributed by atoms with E-state index in [1.54, 1.807) is 0 Å². The van der Waals surface area contributed by atoms with E-state index in [1.165, 1.54) is 0 Å². The van der Waals surface area contributed by atoms with Gasteiger partial charge in [-0.3, -0.25) is 14.5 Å². The normalized spacial score (nSPS) is 23.0. The Morgan fingerprint density at radius 2 is 1.91 bits per heavy atom. The van der Waals surface area contributed by atoms with Gasteiger partial charge in [-0.25, -0.2) is 4.79 Å². The summed E-state index contributed by atoms with van der Waals surface area (Å²) in [5.41, 5.74) is 2.03. The number of aromatic amines is 1. The third-order valence-electron chi connectivity index (χ3n) is 7.58. The summed E-state index contributed by atoms with van der Waals surface area (Å²) in [5, 5.41) is 7.51. The Labute approximate surface area is 209 Å². The Bertz CT molecular complexity index is 1290. The molecule has 182 valence electrons. The summed E-state index contributed by atoms with van der Waals surface area (Å²) in [7, 11) is 0. The zero-order valence-electron chi connectivity index (χ0n) is 19.6. The fraction of sp³-hybridized carbons (Fsp3) is 0.370. The number of H-pyrrole nitrogens is 1. The van der Waals surface area contributed by atoms with E-state index in [4.69, 9.17) is 11.6 Å². The highest BCUT2D eigenvalue weighted by molar-refractivity contribution is 6.31. The second kappa shape index (κ2) is 9.38. The van der Waals surface area contributed by atoms with Crippen molar-refractivity contribution >= 4 is 40.3 Å². The fourth-order valence-electron chi connectivity index (χ4n) is 5.58. The number of aromatic nitrogens is 1. The number of rotatable bonds is 6. The van der Waals surface area contributed by atoms with Gasteiger partial charge < -0.3 is 15.6 Å². The number of fused-ring (bicyclic) bond motifs is 1. The van der Waals surface area contributed by atoms with Crippen molar-refractivity contribution < 1.29 is 14.4 Å². The van der Waals surface area contributed by atoms with Gasteiger partial charge in [0.25, 0.3) is 5.91 Å². The molecule has 8 heteroatoms. The molecule has 2 heterocycles. The molecular formula is C27H29ClN4O3. The van der Waals surface area contributed by atoms with Gasteiger partial charge in [-0.15, -0.1) is 0 Å². The molecule has 35 heavy (non-hydrogen) atoms. The number of carbonyl (C=O) groups is 3. The maximum absolute atomic E-state index is 13.2. The number of urea groups is 1. The van der Waals surface area contributed by atoms with E-state index in [0.717, 1.165) is 46.2 Å². The monoisotopic (exact) mass is 492 g/mol. The minimum absolute atomic E-state index is 0.0484. The molecule has 1 spiro atoms. The first-order valence-electron chi connectivity index (χ1n) is 12.1. The molecule has 1 saturated carbocycles. The Balaban J connectivity index is 1.34. The first kappa shape index (κ1) is 23.4. The van der Waals surface area contributed by atoms with Crippen molar-refractivity contribution in [2.75, 3.05) is 13.1 Å². The van der Waals surface area contributed by atoms with Crippen LogP contribution in [-0.2, 0) is 9.59 Å². The van der Waals surface area contributed by atoms with Crippen molar-refractivity contribution in [1.29, 1.82) is 0 Å². The number of benzene rings is 2. The summed E-state index contributed by atoms with van der Waals surface area (Å²) in [4.78, 5) is 43.2. The van der Waals surface area contributed by atoms with E-state index in [1.807, 2.05) is 61.7 Å². The highest BCUT2D eigenvalue weighted by Gasteiger charge is 2.55. The van der Waals surface area contributed by atoms with E-state index >= 15 is 0 Å². The molecule has 3 aromatic rings. The quantitative estimate of drug-likeness (QED) is 0.440. The molecule has 2 aromatic carbocycles. The van der Waals surface area contributed by atoms with Crippen molar-refractivity contribution in [1.82, 2.24) is 20.5 Å². The maximum atomic E-state index is 13.2. The Hall–Kier alpha value is -3.32. The summed E-state index contributed by atoms with van der Waals surface area (Å²) < 4.78 is 0. The lowest BCUT2D eigenvalue weighted by atomic mass is 9.73. The molecule has 0 radical (unpaired) electrons. The van der Waals surface area contributed by atoms with Gasteiger partial charge >= 0.3 is 6.03 Å². The molecule has 2 fully saturated rings. The maximum Gasteiger partial charge on any atom is 0.325 e. The number of imide groups is 1. The molecule has 1 aromatic heterocycles. The third-order valence-corrected chi connectivity index (χ3v) is 7.93. The van der Waals surface area contributed by atoms with Gasteiger partial charge in [0.05, 0.1) is 0 Å². The minimum Gasteiger partial charge on any atom is -0.361 e. The Kier molecular flexibility index (Phi) is 6.28. The van der Waals surface area contributed by atoms with Gasteiger partial charge in [0, 0.05) is 34.6 Å². The largest absolute Gasteiger partial charge is 0.361 e. The molecule has 7 nitrogen and oxygen atoms in total. The number of hydrogen-bond acceptors (Lipinski definition) is 3. The first-order valence-corrected chi connectivity index (χ1v) is 12.5. The topological polar surface area (TPSA) is 94.3 Å². The molecular weight excluding hydrogens is 464 g/mol. The van der Waals surface area contributed by atoms with Crippen molar-refractivity contribution in [3.05, 3.63) is 70.9 Å². The molecule has 1 aliphatic heterocycles. The number of amides is 4. The van der Waals surface area contributed by atoms with Crippen LogP contribution >= 0.6 is 11.6 Å². The molecule has 0 unspecified atom stereocenters. The average Bonchev–Trinajstić information content (AvgIpc) is 3.38. The molecule has 1 aliphatic carbocycles. The van der Waals surface area contributed by atoms with Gasteiger partial charge in [-0.1, -0.05) is 67.8 Å². The van der Waals surface area contributed by atoms with Crippen LogP contribution in [0.1, 0.15) is 49.7 Å². The lowest BCUT2D eigenvalue weighted by Crippen LogP contribution is -2.54. The Morgan fingerprint density at radius 1 is 1.14 bits per heavy atom. The van der Waals surface area contributed by atoms with Crippen LogP contribution in [-0.4, -0.2) is 46.4 Å². The van der Waals surface area contributed by atoms with Crippen LogP contribution in [0.2, 0.25) is 5.02 Å². The predicted octanol–water partition coefficient (Wildman–Crippen LogP) is 4.57. The number of nitrogens with one attached hydrogen (secondary N) is 3. The van der Waals surface area contributed by atoms with Crippen LogP contribution in [0.3, 0.4) is 0 Å². The highest BCUT2D eigenvalue weighted by atomic mass is 35.5. The lowest BCUT2D eigenvalue weighted by molar-refractivity contribution is -0.137.